The van der Waals surface area contributed by atoms with Crippen LogP contribution in [-0.4, -0.2) is 6.54 Å². The largest absolute Gasteiger partial charge is 0.457 e. The predicted molar refractivity (Wildman–Crippen MR) is 65.7 cm³/mol. The van der Waals surface area contributed by atoms with E-state index in [0.29, 0.717) is 24.5 Å². The first kappa shape index (κ1) is 11.6. The molecule has 17 heavy (non-hydrogen) atoms. The molecule has 2 rings (SSSR count). The standard InChI is InChI=1S/C14H14FNO/c15-12-7-6-11(8-9-16)14(10-12)17-13-4-2-1-3-5-13/h1-7,10H,8-9,16H2. The van der Waals surface area contributed by atoms with Gasteiger partial charge in [-0.05, 0) is 36.7 Å². The Morgan fingerprint density at radius 3 is 2.53 bits per heavy atom. The van der Waals surface area contributed by atoms with Gasteiger partial charge in [-0.2, -0.15) is 0 Å². The van der Waals surface area contributed by atoms with Crippen LogP contribution in [0.5, 0.6) is 11.5 Å². The van der Waals surface area contributed by atoms with Crippen LogP contribution in [0.3, 0.4) is 0 Å². The highest BCUT2D eigenvalue weighted by Crippen LogP contribution is 2.26. The summed E-state index contributed by atoms with van der Waals surface area (Å²) in [5.74, 6) is 0.912. The molecule has 0 aromatic heterocycles. The minimum absolute atomic E-state index is 0.309. The summed E-state index contributed by atoms with van der Waals surface area (Å²) in [4.78, 5) is 0. The van der Waals surface area contributed by atoms with Crippen molar-refractivity contribution < 1.29 is 9.13 Å². The SMILES string of the molecule is NCCc1ccc(F)cc1Oc1ccccc1. The van der Waals surface area contributed by atoms with Crippen molar-refractivity contribution in [3.63, 3.8) is 0 Å². The highest BCUT2D eigenvalue weighted by Gasteiger charge is 2.06. The number of benzene rings is 2. The Balaban J connectivity index is 2.27. The van der Waals surface area contributed by atoms with Crippen LogP contribution in [-0.2, 0) is 6.42 Å². The maximum atomic E-state index is 13.2. The van der Waals surface area contributed by atoms with Crippen molar-refractivity contribution in [1.29, 1.82) is 0 Å². The third-order valence-electron chi connectivity index (χ3n) is 2.41. The second-order valence-electron chi connectivity index (χ2n) is 3.71. The summed E-state index contributed by atoms with van der Waals surface area (Å²) in [6.45, 7) is 0.511. The van der Waals surface area contributed by atoms with E-state index in [0.717, 1.165) is 5.56 Å². The molecule has 2 nitrogen and oxygen atoms in total. The molecule has 2 aromatic rings. The number of hydrogen-bond acceptors (Lipinski definition) is 2. The number of para-hydroxylation sites is 1. The Labute approximate surface area is 99.8 Å². The van der Waals surface area contributed by atoms with Crippen LogP contribution < -0.4 is 10.5 Å². The van der Waals surface area contributed by atoms with Crippen LogP contribution in [0.4, 0.5) is 4.39 Å². The normalized spacial score (nSPS) is 10.2. The van der Waals surface area contributed by atoms with Crippen molar-refractivity contribution in [1.82, 2.24) is 0 Å². The van der Waals surface area contributed by atoms with E-state index >= 15 is 0 Å². The van der Waals surface area contributed by atoms with Crippen LogP contribution >= 0.6 is 0 Å². The van der Waals surface area contributed by atoms with Crippen molar-refractivity contribution in [3.8, 4) is 11.5 Å². The van der Waals surface area contributed by atoms with E-state index in [9.17, 15) is 4.39 Å². The molecule has 0 heterocycles. The minimum atomic E-state index is -0.309. The molecule has 0 spiro atoms. The van der Waals surface area contributed by atoms with E-state index in [-0.39, 0.29) is 5.82 Å². The molecule has 0 radical (unpaired) electrons. The summed E-state index contributed by atoms with van der Waals surface area (Å²) in [5, 5.41) is 0. The van der Waals surface area contributed by atoms with Crippen LogP contribution in [0, 0.1) is 5.82 Å². The first-order chi connectivity index (χ1) is 8.29. The van der Waals surface area contributed by atoms with Gasteiger partial charge in [-0.3, -0.25) is 0 Å². The number of ether oxygens (including phenoxy) is 1. The van der Waals surface area contributed by atoms with Gasteiger partial charge in [0.05, 0.1) is 0 Å². The smallest absolute Gasteiger partial charge is 0.133 e. The molecular weight excluding hydrogens is 217 g/mol. The summed E-state index contributed by atoms with van der Waals surface area (Å²) >= 11 is 0. The first-order valence-electron chi connectivity index (χ1n) is 5.51. The van der Waals surface area contributed by atoms with Gasteiger partial charge in [-0.1, -0.05) is 24.3 Å². The molecule has 0 unspecified atom stereocenters. The molecule has 0 saturated carbocycles. The summed E-state index contributed by atoms with van der Waals surface area (Å²) in [7, 11) is 0. The van der Waals surface area contributed by atoms with Gasteiger partial charge in [0.15, 0.2) is 0 Å². The molecule has 0 aliphatic rings. The fourth-order valence-corrected chi connectivity index (χ4v) is 1.60. The number of nitrogens with two attached hydrogens (primary N) is 1. The molecule has 2 aromatic carbocycles. The van der Waals surface area contributed by atoms with E-state index in [4.69, 9.17) is 10.5 Å². The number of rotatable bonds is 4. The van der Waals surface area contributed by atoms with E-state index < -0.39 is 0 Å². The summed E-state index contributed by atoms with van der Waals surface area (Å²) < 4.78 is 18.8. The molecule has 0 aliphatic carbocycles. The molecule has 2 N–H and O–H groups in total. The van der Waals surface area contributed by atoms with Gasteiger partial charge < -0.3 is 10.5 Å². The molecule has 88 valence electrons. The Bertz CT molecular complexity index is 485. The number of halogens is 1. The summed E-state index contributed by atoms with van der Waals surface area (Å²) in [5.41, 5.74) is 6.43. The second-order valence-corrected chi connectivity index (χ2v) is 3.71. The third kappa shape index (κ3) is 3.04. The lowest BCUT2D eigenvalue weighted by atomic mass is 10.1. The Kier molecular flexibility index (Phi) is 3.73. The molecule has 3 heteroatoms. The summed E-state index contributed by atoms with van der Waals surface area (Å²) in [6.07, 6.45) is 0.669. The number of hydrogen-bond donors (Lipinski definition) is 1. The monoisotopic (exact) mass is 231 g/mol. The van der Waals surface area contributed by atoms with Crippen molar-refractivity contribution in [2.24, 2.45) is 5.73 Å². The minimum Gasteiger partial charge on any atom is -0.457 e. The lowest BCUT2D eigenvalue weighted by Gasteiger charge is -2.10. The maximum Gasteiger partial charge on any atom is 0.133 e. The zero-order valence-corrected chi connectivity index (χ0v) is 9.40. The average Bonchev–Trinajstić information content (AvgIpc) is 2.34. The molecule has 0 atom stereocenters. The third-order valence-corrected chi connectivity index (χ3v) is 2.41. The zero-order valence-electron chi connectivity index (χ0n) is 9.40. The first-order valence-corrected chi connectivity index (χ1v) is 5.51. The molecule has 0 fully saturated rings. The lowest BCUT2D eigenvalue weighted by Crippen LogP contribution is -2.04. The molecule has 0 bridgehead atoms. The average molecular weight is 231 g/mol. The van der Waals surface area contributed by atoms with Gasteiger partial charge in [-0.15, -0.1) is 0 Å². The van der Waals surface area contributed by atoms with E-state index in [2.05, 4.69) is 0 Å². The van der Waals surface area contributed by atoms with Crippen molar-refractivity contribution in [3.05, 3.63) is 59.9 Å². The van der Waals surface area contributed by atoms with Crippen LogP contribution in [0.2, 0.25) is 0 Å². The molecule has 0 amide bonds. The van der Waals surface area contributed by atoms with E-state index in [1.165, 1.54) is 12.1 Å². The highest BCUT2D eigenvalue weighted by atomic mass is 19.1. The van der Waals surface area contributed by atoms with Crippen molar-refractivity contribution >= 4 is 0 Å². The quantitative estimate of drug-likeness (QED) is 0.877. The topological polar surface area (TPSA) is 35.2 Å². The van der Waals surface area contributed by atoms with Crippen LogP contribution in [0.1, 0.15) is 5.56 Å². The Hall–Kier alpha value is -1.87. The van der Waals surface area contributed by atoms with E-state index in [1.807, 2.05) is 30.3 Å². The predicted octanol–water partition coefficient (Wildman–Crippen LogP) is 3.12. The fourth-order valence-electron chi connectivity index (χ4n) is 1.60. The maximum absolute atomic E-state index is 13.2. The van der Waals surface area contributed by atoms with Gasteiger partial charge in [0.2, 0.25) is 0 Å². The van der Waals surface area contributed by atoms with Crippen molar-refractivity contribution in [2.75, 3.05) is 6.54 Å². The zero-order chi connectivity index (χ0) is 12.1. The second kappa shape index (κ2) is 5.46. The van der Waals surface area contributed by atoms with Crippen LogP contribution in [0.15, 0.2) is 48.5 Å². The van der Waals surface area contributed by atoms with Gasteiger partial charge in [0.25, 0.3) is 0 Å². The molecular formula is C14H14FNO. The van der Waals surface area contributed by atoms with Crippen molar-refractivity contribution in [2.45, 2.75) is 6.42 Å². The van der Waals surface area contributed by atoms with Gasteiger partial charge >= 0.3 is 0 Å². The summed E-state index contributed by atoms with van der Waals surface area (Å²) in [6, 6.07) is 13.8. The fraction of sp³-hybridized carbons (Fsp3) is 0.143. The van der Waals surface area contributed by atoms with Gasteiger partial charge in [0.1, 0.15) is 17.3 Å². The lowest BCUT2D eigenvalue weighted by molar-refractivity contribution is 0.470. The van der Waals surface area contributed by atoms with Crippen LogP contribution in [0.25, 0.3) is 0 Å². The van der Waals surface area contributed by atoms with Gasteiger partial charge in [0, 0.05) is 6.07 Å². The molecule has 0 aliphatic heterocycles. The molecule has 0 saturated heterocycles. The highest BCUT2D eigenvalue weighted by molar-refractivity contribution is 5.38. The Morgan fingerprint density at radius 1 is 1.06 bits per heavy atom. The van der Waals surface area contributed by atoms with Gasteiger partial charge in [-0.25, -0.2) is 4.39 Å². The van der Waals surface area contributed by atoms with E-state index in [1.54, 1.807) is 6.07 Å². The Morgan fingerprint density at radius 2 is 1.82 bits per heavy atom.